The van der Waals surface area contributed by atoms with Gasteiger partial charge < -0.3 is 16.0 Å². The Morgan fingerprint density at radius 1 is 1.38 bits per heavy atom. The zero-order chi connectivity index (χ0) is 14.5. The summed E-state index contributed by atoms with van der Waals surface area (Å²) in [7, 11) is 1.61. The average Bonchev–Trinajstić information content (AvgIpc) is 2.94. The number of carbonyl (C=O) groups is 2. The second kappa shape index (κ2) is 7.88. The summed E-state index contributed by atoms with van der Waals surface area (Å²) in [6.45, 7) is 0.668. The first-order valence-corrected chi connectivity index (χ1v) is 6.98. The third-order valence-electron chi connectivity index (χ3n) is 3.79. The van der Waals surface area contributed by atoms with Crippen molar-refractivity contribution in [1.29, 1.82) is 0 Å². The number of amides is 2. The number of aryl methyl sites for hydroxylation is 1. The summed E-state index contributed by atoms with van der Waals surface area (Å²) in [6, 6.07) is 7.26. The summed E-state index contributed by atoms with van der Waals surface area (Å²) in [6.07, 6.45) is 2.64. The lowest BCUT2D eigenvalue weighted by Gasteiger charge is -2.23. The molecule has 1 heterocycles. The van der Waals surface area contributed by atoms with E-state index in [1.807, 2.05) is 24.3 Å². The van der Waals surface area contributed by atoms with Gasteiger partial charge in [-0.15, -0.1) is 12.4 Å². The van der Waals surface area contributed by atoms with Crippen molar-refractivity contribution in [3.05, 3.63) is 29.8 Å². The largest absolute Gasteiger partial charge is 0.399 e. The number of carbonyl (C=O) groups excluding carboxylic acids is 2. The van der Waals surface area contributed by atoms with Crippen LogP contribution in [-0.4, -0.2) is 36.3 Å². The molecule has 2 amide bonds. The van der Waals surface area contributed by atoms with Gasteiger partial charge >= 0.3 is 0 Å². The van der Waals surface area contributed by atoms with Crippen molar-refractivity contribution in [2.45, 2.75) is 31.7 Å². The summed E-state index contributed by atoms with van der Waals surface area (Å²) >= 11 is 0. The number of likely N-dealkylation sites (tertiary alicyclic amines) is 1. The average molecular weight is 312 g/mol. The minimum Gasteiger partial charge on any atom is -0.399 e. The highest BCUT2D eigenvalue weighted by atomic mass is 35.5. The Bertz CT molecular complexity index is 507. The highest BCUT2D eigenvalue weighted by Crippen LogP contribution is 2.20. The Morgan fingerprint density at radius 3 is 2.76 bits per heavy atom. The molecule has 1 fully saturated rings. The normalized spacial score (nSPS) is 17.2. The van der Waals surface area contributed by atoms with Crippen LogP contribution in [0.2, 0.25) is 0 Å². The van der Waals surface area contributed by atoms with Crippen molar-refractivity contribution in [2.75, 3.05) is 19.3 Å². The molecule has 1 unspecified atom stereocenters. The number of hydrogen-bond acceptors (Lipinski definition) is 3. The number of halogens is 1. The van der Waals surface area contributed by atoms with Crippen LogP contribution in [0.15, 0.2) is 24.3 Å². The van der Waals surface area contributed by atoms with Crippen LogP contribution in [0.4, 0.5) is 5.69 Å². The van der Waals surface area contributed by atoms with Crippen LogP contribution in [0.3, 0.4) is 0 Å². The van der Waals surface area contributed by atoms with Gasteiger partial charge in [0, 0.05) is 25.7 Å². The van der Waals surface area contributed by atoms with Crippen molar-refractivity contribution >= 4 is 29.9 Å². The van der Waals surface area contributed by atoms with E-state index >= 15 is 0 Å². The number of hydrogen-bond donors (Lipinski definition) is 2. The van der Waals surface area contributed by atoms with Crippen molar-refractivity contribution < 1.29 is 9.59 Å². The number of nitrogens with one attached hydrogen (secondary N) is 1. The second-order valence-corrected chi connectivity index (χ2v) is 5.06. The number of nitrogen functional groups attached to an aromatic ring is 1. The summed E-state index contributed by atoms with van der Waals surface area (Å²) < 4.78 is 0. The van der Waals surface area contributed by atoms with Crippen molar-refractivity contribution in [3.8, 4) is 0 Å². The van der Waals surface area contributed by atoms with Crippen LogP contribution in [0, 0.1) is 0 Å². The quantitative estimate of drug-likeness (QED) is 0.824. The van der Waals surface area contributed by atoms with E-state index in [2.05, 4.69) is 5.32 Å². The van der Waals surface area contributed by atoms with Crippen LogP contribution in [0.25, 0.3) is 0 Å². The van der Waals surface area contributed by atoms with Crippen LogP contribution >= 0.6 is 12.4 Å². The predicted octanol–water partition coefficient (Wildman–Crippen LogP) is 1.36. The molecule has 3 N–H and O–H groups in total. The molecule has 0 radical (unpaired) electrons. The predicted molar refractivity (Wildman–Crippen MR) is 85.2 cm³/mol. The first-order chi connectivity index (χ1) is 9.63. The first-order valence-electron chi connectivity index (χ1n) is 6.98. The topological polar surface area (TPSA) is 75.4 Å². The first kappa shape index (κ1) is 17.3. The molecule has 0 bridgehead atoms. The van der Waals surface area contributed by atoms with E-state index in [-0.39, 0.29) is 30.3 Å². The molecule has 116 valence electrons. The van der Waals surface area contributed by atoms with Gasteiger partial charge in [-0.1, -0.05) is 18.2 Å². The molecule has 6 heteroatoms. The fourth-order valence-corrected chi connectivity index (χ4v) is 2.65. The monoisotopic (exact) mass is 311 g/mol. The van der Waals surface area contributed by atoms with Gasteiger partial charge in [-0.25, -0.2) is 0 Å². The maximum absolute atomic E-state index is 12.3. The molecule has 21 heavy (non-hydrogen) atoms. The van der Waals surface area contributed by atoms with Crippen LogP contribution < -0.4 is 11.1 Å². The summed E-state index contributed by atoms with van der Waals surface area (Å²) in [4.78, 5) is 25.7. The van der Waals surface area contributed by atoms with E-state index in [0.29, 0.717) is 25.1 Å². The van der Waals surface area contributed by atoms with Gasteiger partial charge in [0.2, 0.25) is 11.8 Å². The van der Waals surface area contributed by atoms with Gasteiger partial charge in [0.15, 0.2) is 0 Å². The van der Waals surface area contributed by atoms with Gasteiger partial charge in [0.05, 0.1) is 0 Å². The van der Waals surface area contributed by atoms with E-state index in [1.165, 1.54) is 0 Å². The SMILES string of the molecule is CNC(=O)C1CCCN1C(=O)CCc1ccccc1N.Cl. The zero-order valence-electron chi connectivity index (χ0n) is 12.2. The highest BCUT2D eigenvalue weighted by Gasteiger charge is 2.32. The van der Waals surface area contributed by atoms with Gasteiger partial charge in [0.1, 0.15) is 6.04 Å². The number of nitrogens with zero attached hydrogens (tertiary/aromatic N) is 1. The van der Waals surface area contributed by atoms with Crippen molar-refractivity contribution in [1.82, 2.24) is 10.2 Å². The molecule has 1 aliphatic rings. The molecule has 0 saturated carbocycles. The van der Waals surface area contributed by atoms with Crippen molar-refractivity contribution in [3.63, 3.8) is 0 Å². The Balaban J connectivity index is 0.00000220. The van der Waals surface area contributed by atoms with E-state index in [9.17, 15) is 9.59 Å². The molecule has 0 spiro atoms. The number of para-hydroxylation sites is 1. The molecule has 2 rings (SSSR count). The molecule has 1 saturated heterocycles. The Kier molecular flexibility index (Phi) is 6.49. The molecule has 1 aromatic rings. The van der Waals surface area contributed by atoms with Gasteiger partial charge in [-0.3, -0.25) is 9.59 Å². The lowest BCUT2D eigenvalue weighted by molar-refractivity contribution is -0.138. The molecule has 1 aromatic carbocycles. The molecule has 0 aliphatic carbocycles. The number of benzene rings is 1. The van der Waals surface area contributed by atoms with Gasteiger partial charge in [-0.05, 0) is 30.9 Å². The fraction of sp³-hybridized carbons (Fsp3) is 0.467. The summed E-state index contributed by atoms with van der Waals surface area (Å²) in [5.41, 5.74) is 7.56. The minimum atomic E-state index is -0.305. The Morgan fingerprint density at radius 2 is 2.10 bits per heavy atom. The molecule has 0 aromatic heterocycles. The van der Waals surface area contributed by atoms with E-state index in [4.69, 9.17) is 5.73 Å². The fourth-order valence-electron chi connectivity index (χ4n) is 2.65. The maximum atomic E-state index is 12.3. The van der Waals surface area contributed by atoms with Crippen LogP contribution in [0.1, 0.15) is 24.8 Å². The third-order valence-corrected chi connectivity index (χ3v) is 3.79. The van der Waals surface area contributed by atoms with Crippen molar-refractivity contribution in [2.24, 2.45) is 0 Å². The van der Waals surface area contributed by atoms with Crippen LogP contribution in [0.5, 0.6) is 0 Å². The number of rotatable bonds is 4. The lowest BCUT2D eigenvalue weighted by Crippen LogP contribution is -2.44. The zero-order valence-corrected chi connectivity index (χ0v) is 13.0. The van der Waals surface area contributed by atoms with E-state index < -0.39 is 0 Å². The molecule has 1 atom stereocenters. The number of nitrogens with two attached hydrogens (primary N) is 1. The Hall–Kier alpha value is -1.75. The molecular weight excluding hydrogens is 290 g/mol. The Labute approximate surface area is 131 Å². The second-order valence-electron chi connectivity index (χ2n) is 5.06. The summed E-state index contributed by atoms with van der Waals surface area (Å²) in [5, 5.41) is 2.62. The number of anilines is 1. The molecule has 5 nitrogen and oxygen atoms in total. The van der Waals surface area contributed by atoms with E-state index in [1.54, 1.807) is 11.9 Å². The van der Waals surface area contributed by atoms with E-state index in [0.717, 1.165) is 18.4 Å². The highest BCUT2D eigenvalue weighted by molar-refractivity contribution is 5.88. The summed E-state index contributed by atoms with van der Waals surface area (Å²) in [5.74, 6) is -0.0468. The number of likely N-dealkylation sites (N-methyl/N-ethyl adjacent to an activating group) is 1. The minimum absolute atomic E-state index is 0. The molecular formula is C15H22ClN3O2. The van der Waals surface area contributed by atoms with Gasteiger partial charge in [-0.2, -0.15) is 0 Å². The standard InChI is InChI=1S/C15H21N3O2.ClH/c1-17-15(20)13-7-4-10-18(13)14(19)9-8-11-5-2-3-6-12(11)16;/h2-3,5-6,13H,4,7-10,16H2,1H3,(H,17,20);1H. The maximum Gasteiger partial charge on any atom is 0.242 e. The lowest BCUT2D eigenvalue weighted by atomic mass is 10.1. The van der Waals surface area contributed by atoms with Gasteiger partial charge in [0.25, 0.3) is 0 Å². The molecule has 1 aliphatic heterocycles. The third kappa shape index (κ3) is 4.11. The smallest absolute Gasteiger partial charge is 0.242 e. The van der Waals surface area contributed by atoms with Crippen LogP contribution in [-0.2, 0) is 16.0 Å².